The van der Waals surface area contributed by atoms with Gasteiger partial charge in [-0.25, -0.2) is 0 Å². The van der Waals surface area contributed by atoms with Crippen LogP contribution in [-0.2, 0) is 6.61 Å². The molecule has 1 heterocycles. The molecule has 1 aromatic heterocycles. The molecule has 0 bridgehead atoms. The number of hydrogen-bond acceptors (Lipinski definition) is 4. The van der Waals surface area contributed by atoms with Crippen molar-refractivity contribution in [3.63, 3.8) is 0 Å². The maximum atomic E-state index is 5.69. The highest BCUT2D eigenvalue weighted by atomic mass is 79.9. The van der Waals surface area contributed by atoms with Gasteiger partial charge in [-0.15, -0.1) is 10.2 Å². The van der Waals surface area contributed by atoms with Crippen LogP contribution in [-0.4, -0.2) is 10.2 Å². The Hall–Kier alpha value is -2.14. The van der Waals surface area contributed by atoms with E-state index in [1.54, 1.807) is 0 Å². The molecule has 0 saturated carbocycles. The number of halogens is 1. The minimum atomic E-state index is 0.258. The predicted molar refractivity (Wildman–Crippen MR) is 82.9 cm³/mol. The number of nitrogens with zero attached hydrogens (tertiary/aromatic N) is 2. The third-order valence-electron chi connectivity index (χ3n) is 3.00. The van der Waals surface area contributed by atoms with Crippen LogP contribution in [0.2, 0.25) is 0 Å². The van der Waals surface area contributed by atoms with Gasteiger partial charge in [0, 0.05) is 10.0 Å². The van der Waals surface area contributed by atoms with Gasteiger partial charge in [0.1, 0.15) is 5.75 Å². The van der Waals surface area contributed by atoms with Crippen molar-refractivity contribution in [1.82, 2.24) is 10.2 Å². The van der Waals surface area contributed by atoms with E-state index in [1.165, 1.54) is 0 Å². The van der Waals surface area contributed by atoms with Crippen LogP contribution in [0, 0.1) is 6.92 Å². The summed E-state index contributed by atoms with van der Waals surface area (Å²) in [7, 11) is 0. The molecular weight excluding hydrogens is 332 g/mol. The van der Waals surface area contributed by atoms with Crippen LogP contribution in [0.5, 0.6) is 5.75 Å². The van der Waals surface area contributed by atoms with E-state index in [0.717, 1.165) is 21.3 Å². The van der Waals surface area contributed by atoms with Gasteiger partial charge in [-0.3, -0.25) is 0 Å². The van der Waals surface area contributed by atoms with E-state index in [9.17, 15) is 0 Å². The molecule has 0 unspecified atom stereocenters. The lowest BCUT2D eigenvalue weighted by atomic mass is 10.2. The molecule has 3 rings (SSSR count). The molecule has 0 aliphatic rings. The zero-order valence-electron chi connectivity index (χ0n) is 11.4. The highest BCUT2D eigenvalue weighted by Gasteiger charge is 2.09. The third kappa shape index (κ3) is 3.31. The Labute approximate surface area is 130 Å². The number of rotatable bonds is 4. The molecule has 0 N–H and O–H groups in total. The van der Waals surface area contributed by atoms with Crippen molar-refractivity contribution in [2.45, 2.75) is 13.5 Å². The van der Waals surface area contributed by atoms with Gasteiger partial charge >= 0.3 is 0 Å². The fourth-order valence-corrected chi connectivity index (χ4v) is 2.14. The maximum Gasteiger partial charge on any atom is 0.254 e. The quantitative estimate of drug-likeness (QED) is 0.704. The van der Waals surface area contributed by atoms with Crippen LogP contribution >= 0.6 is 15.9 Å². The first-order valence-corrected chi connectivity index (χ1v) is 7.28. The van der Waals surface area contributed by atoms with Crippen molar-refractivity contribution >= 4 is 15.9 Å². The van der Waals surface area contributed by atoms with E-state index >= 15 is 0 Å². The van der Waals surface area contributed by atoms with Crippen molar-refractivity contribution in [1.29, 1.82) is 0 Å². The number of ether oxygens (including phenoxy) is 1. The molecule has 0 aliphatic carbocycles. The Kier molecular flexibility index (Phi) is 4.01. The smallest absolute Gasteiger partial charge is 0.254 e. The third-order valence-corrected chi connectivity index (χ3v) is 3.53. The zero-order valence-corrected chi connectivity index (χ0v) is 13.0. The second kappa shape index (κ2) is 6.10. The molecule has 0 saturated heterocycles. The van der Waals surface area contributed by atoms with Crippen molar-refractivity contribution in [3.05, 3.63) is 64.5 Å². The Morgan fingerprint density at radius 2 is 1.81 bits per heavy atom. The van der Waals surface area contributed by atoms with E-state index in [2.05, 4.69) is 26.1 Å². The standard InChI is InChI=1S/C16H13BrN2O2/c1-11-4-2-3-5-14(11)20-10-15-18-19-16(21-15)12-6-8-13(17)9-7-12/h2-9H,10H2,1H3. The van der Waals surface area contributed by atoms with Crippen LogP contribution in [0.3, 0.4) is 0 Å². The van der Waals surface area contributed by atoms with E-state index in [4.69, 9.17) is 9.15 Å². The molecule has 0 aliphatic heterocycles. The van der Waals surface area contributed by atoms with Crippen molar-refractivity contribution in [3.8, 4) is 17.2 Å². The average Bonchev–Trinajstić information content (AvgIpc) is 2.96. The molecule has 0 spiro atoms. The van der Waals surface area contributed by atoms with Crippen molar-refractivity contribution < 1.29 is 9.15 Å². The SMILES string of the molecule is Cc1ccccc1OCc1nnc(-c2ccc(Br)cc2)o1. The summed E-state index contributed by atoms with van der Waals surface area (Å²) in [4.78, 5) is 0. The Morgan fingerprint density at radius 3 is 2.57 bits per heavy atom. The van der Waals surface area contributed by atoms with Gasteiger partial charge in [0.05, 0.1) is 0 Å². The van der Waals surface area contributed by atoms with E-state index in [1.807, 2.05) is 55.5 Å². The summed E-state index contributed by atoms with van der Waals surface area (Å²) in [5.41, 5.74) is 1.96. The van der Waals surface area contributed by atoms with Crippen molar-refractivity contribution in [2.75, 3.05) is 0 Å². The lowest BCUT2D eigenvalue weighted by Crippen LogP contribution is -1.97. The highest BCUT2D eigenvalue weighted by molar-refractivity contribution is 9.10. The summed E-state index contributed by atoms with van der Waals surface area (Å²) in [6, 6.07) is 15.5. The molecule has 21 heavy (non-hydrogen) atoms. The minimum Gasteiger partial charge on any atom is -0.484 e. The normalized spacial score (nSPS) is 10.6. The first-order chi connectivity index (χ1) is 10.2. The van der Waals surface area contributed by atoms with Crippen molar-refractivity contribution in [2.24, 2.45) is 0 Å². The highest BCUT2D eigenvalue weighted by Crippen LogP contribution is 2.22. The predicted octanol–water partition coefficient (Wildman–Crippen LogP) is 4.39. The number of benzene rings is 2. The summed E-state index contributed by atoms with van der Waals surface area (Å²) in [6.45, 7) is 2.25. The Morgan fingerprint density at radius 1 is 1.05 bits per heavy atom. The van der Waals surface area contributed by atoms with Crippen LogP contribution in [0.4, 0.5) is 0 Å². The lowest BCUT2D eigenvalue weighted by molar-refractivity contribution is 0.263. The summed E-state index contributed by atoms with van der Waals surface area (Å²) in [5.74, 6) is 1.77. The largest absolute Gasteiger partial charge is 0.484 e. The number of aryl methyl sites for hydroxylation is 1. The van der Waals surface area contributed by atoms with E-state index in [-0.39, 0.29) is 6.61 Å². The molecule has 5 heteroatoms. The first-order valence-electron chi connectivity index (χ1n) is 6.49. The van der Waals surface area contributed by atoms with Crippen LogP contribution in [0.15, 0.2) is 57.4 Å². The zero-order chi connectivity index (χ0) is 14.7. The van der Waals surface area contributed by atoms with Gasteiger partial charge in [0.25, 0.3) is 5.89 Å². The Balaban J connectivity index is 1.71. The number of para-hydroxylation sites is 1. The molecule has 4 nitrogen and oxygen atoms in total. The average molecular weight is 345 g/mol. The molecule has 0 radical (unpaired) electrons. The molecule has 106 valence electrons. The fourth-order valence-electron chi connectivity index (χ4n) is 1.88. The van der Waals surface area contributed by atoms with Gasteiger partial charge in [-0.05, 0) is 42.8 Å². The van der Waals surface area contributed by atoms with E-state index in [0.29, 0.717) is 11.8 Å². The molecule has 0 fully saturated rings. The second-order valence-electron chi connectivity index (χ2n) is 4.56. The number of hydrogen-bond donors (Lipinski definition) is 0. The lowest BCUT2D eigenvalue weighted by Gasteiger charge is -2.05. The monoisotopic (exact) mass is 344 g/mol. The summed E-state index contributed by atoms with van der Waals surface area (Å²) in [5, 5.41) is 8.05. The van der Waals surface area contributed by atoms with Gasteiger partial charge in [0.2, 0.25) is 5.89 Å². The number of aromatic nitrogens is 2. The summed E-state index contributed by atoms with van der Waals surface area (Å²) < 4.78 is 12.3. The first kappa shape index (κ1) is 13.8. The molecular formula is C16H13BrN2O2. The topological polar surface area (TPSA) is 48.2 Å². The van der Waals surface area contributed by atoms with Gasteiger partial charge in [-0.1, -0.05) is 34.1 Å². The summed E-state index contributed by atoms with van der Waals surface area (Å²) in [6.07, 6.45) is 0. The van der Waals surface area contributed by atoms with Gasteiger partial charge in [-0.2, -0.15) is 0 Å². The Bertz CT molecular complexity index is 738. The van der Waals surface area contributed by atoms with Gasteiger partial charge < -0.3 is 9.15 Å². The maximum absolute atomic E-state index is 5.69. The van der Waals surface area contributed by atoms with Crippen LogP contribution in [0.1, 0.15) is 11.5 Å². The second-order valence-corrected chi connectivity index (χ2v) is 5.48. The van der Waals surface area contributed by atoms with Crippen LogP contribution in [0.25, 0.3) is 11.5 Å². The van der Waals surface area contributed by atoms with Crippen LogP contribution < -0.4 is 4.74 Å². The summed E-state index contributed by atoms with van der Waals surface area (Å²) >= 11 is 3.39. The van der Waals surface area contributed by atoms with E-state index < -0.39 is 0 Å². The molecule has 3 aromatic rings. The fraction of sp³-hybridized carbons (Fsp3) is 0.125. The molecule has 2 aromatic carbocycles. The molecule has 0 atom stereocenters. The molecule has 0 amide bonds. The van der Waals surface area contributed by atoms with Gasteiger partial charge in [0.15, 0.2) is 6.61 Å². The minimum absolute atomic E-state index is 0.258.